The molecule has 0 saturated heterocycles. The van der Waals surface area contributed by atoms with Crippen molar-refractivity contribution in [1.29, 1.82) is 5.26 Å². The zero-order valence-electron chi connectivity index (χ0n) is 9.42. The molecule has 88 valence electrons. The van der Waals surface area contributed by atoms with Crippen LogP contribution in [0.1, 0.15) is 11.1 Å². The summed E-state index contributed by atoms with van der Waals surface area (Å²) in [5.74, 6) is 0.138. The van der Waals surface area contributed by atoms with E-state index in [0.29, 0.717) is 11.5 Å². The summed E-state index contributed by atoms with van der Waals surface area (Å²) < 4.78 is 0. The van der Waals surface area contributed by atoms with E-state index >= 15 is 0 Å². The number of carbonyl (C=O) groups excluding carboxylic acids is 1. The van der Waals surface area contributed by atoms with E-state index in [1.54, 1.807) is 42.7 Å². The summed E-state index contributed by atoms with van der Waals surface area (Å²) in [6.07, 6.45) is 6.25. The van der Waals surface area contributed by atoms with Crippen LogP contribution in [-0.4, -0.2) is 15.9 Å². The number of aromatic amines is 1. The van der Waals surface area contributed by atoms with Gasteiger partial charge in [0.25, 0.3) is 5.91 Å². The minimum Gasteiger partial charge on any atom is -0.331 e. The molecule has 1 aromatic carbocycles. The van der Waals surface area contributed by atoms with Crippen LogP contribution >= 0.6 is 0 Å². The molecule has 5 nitrogen and oxygen atoms in total. The highest BCUT2D eigenvalue weighted by Crippen LogP contribution is 2.05. The molecule has 2 N–H and O–H groups in total. The summed E-state index contributed by atoms with van der Waals surface area (Å²) in [4.78, 5) is 18.1. The predicted molar refractivity (Wildman–Crippen MR) is 67.4 cm³/mol. The van der Waals surface area contributed by atoms with E-state index in [4.69, 9.17) is 5.26 Å². The maximum atomic E-state index is 11.5. The molecule has 1 aromatic heterocycles. The van der Waals surface area contributed by atoms with Gasteiger partial charge in [0.05, 0.1) is 11.6 Å². The van der Waals surface area contributed by atoms with Crippen molar-refractivity contribution in [3.05, 3.63) is 53.9 Å². The quantitative estimate of drug-likeness (QED) is 0.801. The van der Waals surface area contributed by atoms with Crippen molar-refractivity contribution in [2.75, 3.05) is 5.32 Å². The normalized spacial score (nSPS) is 10.2. The van der Waals surface area contributed by atoms with Crippen LogP contribution in [0.2, 0.25) is 0 Å². The number of nitrogens with one attached hydrogen (secondary N) is 2. The number of rotatable bonds is 3. The highest BCUT2D eigenvalue weighted by Gasteiger charge is 1.98. The van der Waals surface area contributed by atoms with Crippen LogP contribution in [0.5, 0.6) is 0 Å². The molecule has 1 amide bonds. The number of imidazole rings is 1. The van der Waals surface area contributed by atoms with Gasteiger partial charge in [-0.2, -0.15) is 5.26 Å². The maximum Gasteiger partial charge on any atom is 0.250 e. The monoisotopic (exact) mass is 238 g/mol. The summed E-state index contributed by atoms with van der Waals surface area (Å²) in [6.45, 7) is 0. The molecule has 5 heteroatoms. The minimum atomic E-state index is -0.269. The Morgan fingerprint density at radius 1 is 1.39 bits per heavy atom. The first-order valence-corrected chi connectivity index (χ1v) is 5.26. The first kappa shape index (κ1) is 11.6. The molecule has 2 aromatic rings. The molecule has 1 heterocycles. The van der Waals surface area contributed by atoms with Crippen molar-refractivity contribution in [3.63, 3.8) is 0 Å². The number of H-pyrrole nitrogens is 1. The third-order valence-corrected chi connectivity index (χ3v) is 2.21. The molecule has 0 spiro atoms. The van der Waals surface area contributed by atoms with E-state index in [0.717, 1.165) is 5.56 Å². The molecule has 0 unspecified atom stereocenters. The van der Waals surface area contributed by atoms with Gasteiger partial charge >= 0.3 is 0 Å². The van der Waals surface area contributed by atoms with Gasteiger partial charge in [-0.3, -0.25) is 10.1 Å². The van der Waals surface area contributed by atoms with Gasteiger partial charge in [-0.05, 0) is 23.8 Å². The van der Waals surface area contributed by atoms with Gasteiger partial charge in [-0.15, -0.1) is 0 Å². The van der Waals surface area contributed by atoms with Crippen molar-refractivity contribution >= 4 is 17.9 Å². The highest BCUT2D eigenvalue weighted by molar-refractivity contribution is 6.00. The van der Waals surface area contributed by atoms with Crippen LogP contribution in [0, 0.1) is 11.3 Å². The van der Waals surface area contributed by atoms with Gasteiger partial charge in [0, 0.05) is 18.5 Å². The van der Waals surface area contributed by atoms with Crippen molar-refractivity contribution in [1.82, 2.24) is 9.97 Å². The molecule has 0 aliphatic carbocycles. The molecule has 0 aliphatic rings. The standard InChI is InChI=1S/C13H10N4O/c14-9-11-3-1-10(2-4-11)5-6-12(18)17-13-15-7-8-16-13/h1-8H,(H2,15,16,17,18)/b6-5+. The number of aromatic nitrogens is 2. The second kappa shape index (κ2) is 5.46. The number of carbonyl (C=O) groups is 1. The zero-order valence-corrected chi connectivity index (χ0v) is 9.42. The van der Waals surface area contributed by atoms with Crippen molar-refractivity contribution < 1.29 is 4.79 Å². The number of benzene rings is 1. The third-order valence-electron chi connectivity index (χ3n) is 2.21. The molecule has 0 radical (unpaired) electrons. The predicted octanol–water partition coefficient (Wildman–Crippen LogP) is 1.93. The summed E-state index contributed by atoms with van der Waals surface area (Å²) in [7, 11) is 0. The summed E-state index contributed by atoms with van der Waals surface area (Å²) in [6, 6.07) is 8.98. The average Bonchev–Trinajstić information content (AvgIpc) is 2.90. The molecule has 2 rings (SSSR count). The number of hydrogen-bond donors (Lipinski definition) is 2. The van der Waals surface area contributed by atoms with E-state index in [2.05, 4.69) is 15.3 Å². The van der Waals surface area contributed by atoms with Gasteiger partial charge in [0.2, 0.25) is 5.95 Å². The molecule has 0 aliphatic heterocycles. The van der Waals surface area contributed by atoms with Crippen LogP contribution in [0.25, 0.3) is 6.08 Å². The highest BCUT2D eigenvalue weighted by atomic mass is 16.1. The van der Waals surface area contributed by atoms with E-state index < -0.39 is 0 Å². The fourth-order valence-corrected chi connectivity index (χ4v) is 1.33. The molecule has 0 bridgehead atoms. The van der Waals surface area contributed by atoms with Gasteiger partial charge < -0.3 is 4.98 Å². The average molecular weight is 238 g/mol. The number of anilines is 1. The lowest BCUT2D eigenvalue weighted by Gasteiger charge is -1.96. The van der Waals surface area contributed by atoms with Gasteiger partial charge in [-0.1, -0.05) is 12.1 Å². The van der Waals surface area contributed by atoms with Gasteiger partial charge in [-0.25, -0.2) is 4.98 Å². The van der Waals surface area contributed by atoms with E-state index in [1.165, 1.54) is 6.08 Å². The Morgan fingerprint density at radius 3 is 2.78 bits per heavy atom. The smallest absolute Gasteiger partial charge is 0.250 e. The Morgan fingerprint density at radius 2 is 2.17 bits per heavy atom. The second-order valence-corrected chi connectivity index (χ2v) is 3.49. The van der Waals surface area contributed by atoms with Gasteiger partial charge in [0.15, 0.2) is 0 Å². The fourth-order valence-electron chi connectivity index (χ4n) is 1.33. The summed E-state index contributed by atoms with van der Waals surface area (Å²) in [5, 5.41) is 11.2. The molecule has 0 fully saturated rings. The van der Waals surface area contributed by atoms with E-state index in [-0.39, 0.29) is 5.91 Å². The SMILES string of the molecule is N#Cc1ccc(/C=C/C(=O)Nc2ncc[nH]2)cc1. The lowest BCUT2D eigenvalue weighted by molar-refractivity contribution is -0.111. The zero-order chi connectivity index (χ0) is 12.8. The van der Waals surface area contributed by atoms with Crippen molar-refractivity contribution in [2.45, 2.75) is 0 Å². The summed E-state index contributed by atoms with van der Waals surface area (Å²) in [5.41, 5.74) is 1.44. The van der Waals surface area contributed by atoms with E-state index in [1.807, 2.05) is 6.07 Å². The van der Waals surface area contributed by atoms with E-state index in [9.17, 15) is 4.79 Å². The second-order valence-electron chi connectivity index (χ2n) is 3.49. The Kier molecular flexibility index (Phi) is 3.52. The van der Waals surface area contributed by atoms with Crippen LogP contribution in [0.4, 0.5) is 5.95 Å². The first-order valence-electron chi connectivity index (χ1n) is 5.26. The number of nitriles is 1. The summed E-state index contributed by atoms with van der Waals surface area (Å²) >= 11 is 0. The third kappa shape index (κ3) is 3.06. The molecule has 0 saturated carbocycles. The van der Waals surface area contributed by atoms with Crippen molar-refractivity contribution in [2.24, 2.45) is 0 Å². The number of amides is 1. The first-order chi connectivity index (χ1) is 8.78. The number of hydrogen-bond acceptors (Lipinski definition) is 3. The molecular formula is C13H10N4O. The Balaban J connectivity index is 1.97. The Bertz CT molecular complexity index is 591. The molecule has 18 heavy (non-hydrogen) atoms. The largest absolute Gasteiger partial charge is 0.331 e. The Hall–Kier alpha value is -2.87. The topological polar surface area (TPSA) is 81.6 Å². The minimum absolute atomic E-state index is 0.269. The molecule has 0 atom stereocenters. The van der Waals surface area contributed by atoms with Crippen molar-refractivity contribution in [3.8, 4) is 6.07 Å². The van der Waals surface area contributed by atoms with Crippen LogP contribution in [0.15, 0.2) is 42.7 Å². The van der Waals surface area contributed by atoms with Crippen LogP contribution in [0.3, 0.4) is 0 Å². The Labute approximate surface area is 104 Å². The maximum absolute atomic E-state index is 11.5. The van der Waals surface area contributed by atoms with Crippen LogP contribution < -0.4 is 5.32 Å². The van der Waals surface area contributed by atoms with Gasteiger partial charge in [0.1, 0.15) is 0 Å². The molecular weight excluding hydrogens is 228 g/mol. The lowest BCUT2D eigenvalue weighted by Crippen LogP contribution is -2.08. The lowest BCUT2D eigenvalue weighted by atomic mass is 10.1. The van der Waals surface area contributed by atoms with Crippen LogP contribution in [-0.2, 0) is 4.79 Å². The number of nitrogens with zero attached hydrogens (tertiary/aromatic N) is 2. The fraction of sp³-hybridized carbons (Fsp3) is 0.